The number of hydrogen-bond acceptors (Lipinski definition) is 2. The van der Waals surface area contributed by atoms with Crippen molar-refractivity contribution in [3.05, 3.63) is 53.3 Å². The monoisotopic (exact) mass is 354 g/mol. The van der Waals surface area contributed by atoms with E-state index in [0.717, 1.165) is 0 Å². The van der Waals surface area contributed by atoms with Crippen molar-refractivity contribution in [2.24, 2.45) is 0 Å². The maximum Gasteiger partial charge on any atom is 0.449 e. The Bertz CT molecular complexity index is 890. The van der Waals surface area contributed by atoms with Gasteiger partial charge in [-0.05, 0) is 42.5 Å². The Labute approximate surface area is 138 Å². The Balaban J connectivity index is 1.74. The summed E-state index contributed by atoms with van der Waals surface area (Å²) in [5.74, 6) is -1.08. The lowest BCUT2D eigenvalue weighted by molar-refractivity contribution is -0.144. The molecule has 124 valence electrons. The molecule has 5 nitrogen and oxygen atoms in total. The minimum atomic E-state index is -4.56. The van der Waals surface area contributed by atoms with Crippen LogP contribution in [0.1, 0.15) is 5.82 Å². The zero-order valence-corrected chi connectivity index (χ0v) is 12.7. The van der Waals surface area contributed by atoms with Gasteiger partial charge in [0.15, 0.2) is 0 Å². The number of nitrogens with one attached hydrogen (secondary N) is 3. The number of aromatic nitrogens is 2. The molecule has 3 N–H and O–H groups in total. The lowest BCUT2D eigenvalue weighted by atomic mass is 10.3. The third-order valence-electron chi connectivity index (χ3n) is 3.11. The molecule has 1 heterocycles. The number of hydrogen-bond donors (Lipinski definition) is 3. The van der Waals surface area contributed by atoms with Crippen LogP contribution in [0.15, 0.2) is 42.5 Å². The molecule has 24 heavy (non-hydrogen) atoms. The van der Waals surface area contributed by atoms with E-state index in [2.05, 4.69) is 20.6 Å². The Morgan fingerprint density at radius 1 is 1.04 bits per heavy atom. The van der Waals surface area contributed by atoms with Gasteiger partial charge in [0.2, 0.25) is 5.82 Å². The average Bonchev–Trinajstić information content (AvgIpc) is 2.93. The van der Waals surface area contributed by atoms with Crippen molar-refractivity contribution in [3.8, 4) is 0 Å². The van der Waals surface area contributed by atoms with Gasteiger partial charge < -0.3 is 15.6 Å². The number of anilines is 2. The first-order valence-electron chi connectivity index (χ1n) is 6.72. The van der Waals surface area contributed by atoms with Crippen LogP contribution < -0.4 is 10.6 Å². The first kappa shape index (κ1) is 16.1. The summed E-state index contributed by atoms with van der Waals surface area (Å²) in [6.07, 6.45) is -4.56. The third-order valence-corrected chi connectivity index (χ3v) is 3.36. The molecule has 2 aromatic carbocycles. The molecule has 3 aromatic rings. The molecule has 0 bridgehead atoms. The molecule has 3 rings (SSSR count). The van der Waals surface area contributed by atoms with Crippen molar-refractivity contribution in [3.63, 3.8) is 0 Å². The van der Waals surface area contributed by atoms with E-state index in [0.29, 0.717) is 16.4 Å². The van der Waals surface area contributed by atoms with Crippen LogP contribution in [0.4, 0.5) is 29.3 Å². The van der Waals surface area contributed by atoms with Gasteiger partial charge >= 0.3 is 12.2 Å². The molecule has 0 unspecified atom stereocenters. The van der Waals surface area contributed by atoms with Crippen LogP contribution in [0, 0.1) is 0 Å². The van der Waals surface area contributed by atoms with Crippen molar-refractivity contribution >= 4 is 40.0 Å². The molecular weight excluding hydrogens is 345 g/mol. The Kier molecular flexibility index (Phi) is 4.06. The molecule has 0 spiro atoms. The predicted molar refractivity (Wildman–Crippen MR) is 85.2 cm³/mol. The Morgan fingerprint density at radius 3 is 2.33 bits per heavy atom. The number of alkyl halides is 3. The van der Waals surface area contributed by atoms with Gasteiger partial charge in [-0.15, -0.1) is 0 Å². The SMILES string of the molecule is O=C(Nc1ccc(Cl)cc1)Nc1ccc2nc(C(F)(F)F)[nH]c2c1. The topological polar surface area (TPSA) is 69.8 Å². The quantitative estimate of drug-likeness (QED) is 0.614. The molecule has 9 heteroatoms. The number of rotatable bonds is 2. The van der Waals surface area contributed by atoms with Gasteiger partial charge in [0.25, 0.3) is 0 Å². The first-order valence-corrected chi connectivity index (χ1v) is 7.09. The molecule has 1 aromatic heterocycles. The number of carbonyl (C=O) groups is 1. The van der Waals surface area contributed by atoms with E-state index in [-0.39, 0.29) is 11.0 Å². The lowest BCUT2D eigenvalue weighted by Gasteiger charge is -2.07. The number of nitrogens with zero attached hydrogens (tertiary/aromatic N) is 1. The summed E-state index contributed by atoms with van der Waals surface area (Å²) >= 11 is 5.75. The van der Waals surface area contributed by atoms with Crippen molar-refractivity contribution in [1.82, 2.24) is 9.97 Å². The lowest BCUT2D eigenvalue weighted by Crippen LogP contribution is -2.19. The van der Waals surface area contributed by atoms with Gasteiger partial charge in [-0.3, -0.25) is 0 Å². The number of urea groups is 1. The molecule has 2 amide bonds. The van der Waals surface area contributed by atoms with Crippen LogP contribution in [-0.2, 0) is 6.18 Å². The normalized spacial score (nSPS) is 11.5. The van der Waals surface area contributed by atoms with Crippen LogP contribution in [-0.4, -0.2) is 16.0 Å². The van der Waals surface area contributed by atoms with Crippen LogP contribution in [0.3, 0.4) is 0 Å². The number of fused-ring (bicyclic) bond motifs is 1. The number of imidazole rings is 1. The largest absolute Gasteiger partial charge is 0.449 e. The van der Waals surface area contributed by atoms with E-state index in [4.69, 9.17) is 11.6 Å². The van der Waals surface area contributed by atoms with Crippen molar-refractivity contribution in [2.45, 2.75) is 6.18 Å². The minimum Gasteiger partial charge on any atom is -0.334 e. The van der Waals surface area contributed by atoms with E-state index < -0.39 is 18.0 Å². The Hall–Kier alpha value is -2.74. The highest BCUT2D eigenvalue weighted by Crippen LogP contribution is 2.29. The van der Waals surface area contributed by atoms with Gasteiger partial charge in [-0.1, -0.05) is 11.6 Å². The average molecular weight is 355 g/mol. The number of halogens is 4. The predicted octanol–water partition coefficient (Wildman–Crippen LogP) is 4.88. The first-order chi connectivity index (χ1) is 11.3. The highest BCUT2D eigenvalue weighted by molar-refractivity contribution is 6.30. The fraction of sp³-hybridized carbons (Fsp3) is 0.0667. The highest BCUT2D eigenvalue weighted by Gasteiger charge is 2.34. The second-order valence-electron chi connectivity index (χ2n) is 4.90. The van der Waals surface area contributed by atoms with E-state index in [1.54, 1.807) is 24.3 Å². The molecule has 0 aliphatic rings. The van der Waals surface area contributed by atoms with E-state index in [1.807, 2.05) is 0 Å². The second kappa shape index (κ2) is 6.04. The standard InChI is InChI=1S/C15H10ClF3N4O/c16-8-1-3-9(4-2-8)20-14(24)21-10-5-6-11-12(7-10)23-13(22-11)15(17,18)19/h1-7H,(H,22,23)(H2,20,21,24). The number of benzene rings is 2. The van der Waals surface area contributed by atoms with Crippen molar-refractivity contribution in [2.75, 3.05) is 10.6 Å². The number of carbonyl (C=O) groups excluding carboxylic acids is 1. The zero-order chi connectivity index (χ0) is 17.3. The maximum absolute atomic E-state index is 12.6. The smallest absolute Gasteiger partial charge is 0.334 e. The minimum absolute atomic E-state index is 0.158. The summed E-state index contributed by atoms with van der Waals surface area (Å²) in [4.78, 5) is 17.5. The fourth-order valence-electron chi connectivity index (χ4n) is 2.05. The third kappa shape index (κ3) is 3.60. The molecule has 0 saturated carbocycles. The van der Waals surface area contributed by atoms with Crippen molar-refractivity contribution in [1.29, 1.82) is 0 Å². The summed E-state index contributed by atoms with van der Waals surface area (Å²) in [5, 5.41) is 5.65. The summed E-state index contributed by atoms with van der Waals surface area (Å²) in [6.45, 7) is 0. The number of amides is 2. The van der Waals surface area contributed by atoms with E-state index in [1.165, 1.54) is 18.2 Å². The fourth-order valence-corrected chi connectivity index (χ4v) is 2.17. The second-order valence-corrected chi connectivity index (χ2v) is 5.34. The van der Waals surface area contributed by atoms with Crippen LogP contribution in [0.2, 0.25) is 5.02 Å². The van der Waals surface area contributed by atoms with Gasteiger partial charge in [0.1, 0.15) is 0 Å². The molecule has 0 radical (unpaired) electrons. The highest BCUT2D eigenvalue weighted by atomic mass is 35.5. The van der Waals surface area contributed by atoms with Gasteiger partial charge in [0, 0.05) is 16.4 Å². The van der Waals surface area contributed by atoms with Gasteiger partial charge in [-0.25, -0.2) is 9.78 Å². The van der Waals surface area contributed by atoms with Crippen LogP contribution >= 0.6 is 11.6 Å². The number of H-pyrrole nitrogens is 1. The van der Waals surface area contributed by atoms with E-state index in [9.17, 15) is 18.0 Å². The summed E-state index contributed by atoms with van der Waals surface area (Å²) in [7, 11) is 0. The van der Waals surface area contributed by atoms with Crippen LogP contribution in [0.5, 0.6) is 0 Å². The maximum atomic E-state index is 12.6. The molecule has 0 atom stereocenters. The molecule has 0 saturated heterocycles. The zero-order valence-electron chi connectivity index (χ0n) is 11.9. The van der Waals surface area contributed by atoms with E-state index >= 15 is 0 Å². The van der Waals surface area contributed by atoms with Crippen molar-refractivity contribution < 1.29 is 18.0 Å². The Morgan fingerprint density at radius 2 is 1.67 bits per heavy atom. The van der Waals surface area contributed by atoms with Gasteiger partial charge in [-0.2, -0.15) is 13.2 Å². The molecule has 0 aliphatic heterocycles. The summed E-state index contributed by atoms with van der Waals surface area (Å²) < 4.78 is 37.9. The van der Waals surface area contributed by atoms with Crippen LogP contribution in [0.25, 0.3) is 11.0 Å². The summed E-state index contributed by atoms with van der Waals surface area (Å²) in [6, 6.07) is 10.2. The molecule has 0 aliphatic carbocycles. The summed E-state index contributed by atoms with van der Waals surface area (Å²) in [5.41, 5.74) is 1.18. The number of aromatic amines is 1. The molecule has 0 fully saturated rings. The molecular formula is C15H10ClF3N4O. The van der Waals surface area contributed by atoms with Gasteiger partial charge in [0.05, 0.1) is 11.0 Å².